The minimum Gasteiger partial charge on any atom is -0.289 e. The van der Waals surface area contributed by atoms with Gasteiger partial charge in [-0.15, -0.1) is 10.2 Å². The molecule has 0 amide bonds. The van der Waals surface area contributed by atoms with Gasteiger partial charge in [0.1, 0.15) is 0 Å². The fraction of sp³-hybridized carbons (Fsp3) is 0.667. The Bertz CT molecular complexity index is 490. The van der Waals surface area contributed by atoms with Crippen LogP contribution in [0.5, 0.6) is 0 Å². The van der Waals surface area contributed by atoms with Crippen LogP contribution in [0.4, 0.5) is 17.1 Å². The van der Waals surface area contributed by atoms with Gasteiger partial charge >= 0.3 is 16.4 Å². The Morgan fingerprint density at radius 2 is 1.75 bits per heavy atom. The molecule has 0 radical (unpaired) electrons. The highest BCUT2D eigenvalue weighted by Crippen LogP contribution is 2.31. The van der Waals surface area contributed by atoms with Crippen molar-refractivity contribution >= 4 is 10.2 Å². The van der Waals surface area contributed by atoms with Crippen LogP contribution >= 0.6 is 0 Å². The van der Waals surface area contributed by atoms with Crippen molar-refractivity contribution in [1.82, 2.24) is 14.8 Å². The van der Waals surface area contributed by atoms with Gasteiger partial charge in [0, 0.05) is 6.04 Å². The minimum absolute atomic E-state index is 0.190. The third kappa shape index (κ3) is 2.31. The largest absolute Gasteiger partial charge is 0.451 e. The highest BCUT2D eigenvalue weighted by atomic mass is 32.3. The summed E-state index contributed by atoms with van der Waals surface area (Å²) in [4.78, 5) is 0. The number of halogens is 4. The maximum absolute atomic E-state index is 12.6. The first-order valence-electron chi connectivity index (χ1n) is 4.02. The quantitative estimate of drug-likeness (QED) is 0.598. The molecule has 0 unspecified atom stereocenters. The first-order chi connectivity index (χ1) is 7.05. The average molecular weight is 261 g/mol. The first-order valence-corrected chi connectivity index (χ1v) is 5.40. The highest BCUT2D eigenvalue weighted by molar-refractivity contribution is 7.86. The maximum atomic E-state index is 12.6. The Balaban J connectivity index is 3.53. The average Bonchev–Trinajstić information content (AvgIpc) is 2.43. The Morgan fingerprint density at radius 3 is 2.06 bits per heavy atom. The predicted octanol–water partition coefficient (Wildman–Crippen LogP) is 1.54. The molecule has 16 heavy (non-hydrogen) atoms. The lowest BCUT2D eigenvalue weighted by atomic mass is 10.4. The summed E-state index contributed by atoms with van der Waals surface area (Å²) in [5.41, 5.74) is 0. The molecule has 1 heterocycles. The number of rotatable bonds is 2. The SMILES string of the molecule is CC(C)n1c(C(F)(F)F)nnc1S(=O)(=O)F. The van der Waals surface area contributed by atoms with Gasteiger partial charge in [-0.2, -0.15) is 21.6 Å². The Kier molecular flexibility index (Phi) is 2.96. The lowest BCUT2D eigenvalue weighted by Crippen LogP contribution is -2.19. The van der Waals surface area contributed by atoms with Gasteiger partial charge < -0.3 is 0 Å². The van der Waals surface area contributed by atoms with Crippen molar-refractivity contribution in [1.29, 1.82) is 0 Å². The molecule has 5 nitrogen and oxygen atoms in total. The van der Waals surface area contributed by atoms with Gasteiger partial charge in [-0.1, -0.05) is 3.89 Å². The molecule has 0 aliphatic rings. The maximum Gasteiger partial charge on any atom is 0.451 e. The molecule has 0 bridgehead atoms. The molecule has 92 valence electrons. The van der Waals surface area contributed by atoms with E-state index in [1.807, 2.05) is 0 Å². The van der Waals surface area contributed by atoms with E-state index in [4.69, 9.17) is 0 Å². The number of nitrogens with zero attached hydrogens (tertiary/aromatic N) is 3. The molecule has 0 N–H and O–H groups in total. The van der Waals surface area contributed by atoms with E-state index >= 15 is 0 Å². The van der Waals surface area contributed by atoms with Crippen LogP contribution in [0.3, 0.4) is 0 Å². The van der Waals surface area contributed by atoms with Crippen LogP contribution < -0.4 is 0 Å². The Morgan fingerprint density at radius 1 is 1.25 bits per heavy atom. The van der Waals surface area contributed by atoms with E-state index in [1.54, 1.807) is 0 Å². The van der Waals surface area contributed by atoms with E-state index in [9.17, 15) is 25.5 Å². The van der Waals surface area contributed by atoms with Gasteiger partial charge in [0.15, 0.2) is 0 Å². The highest BCUT2D eigenvalue weighted by Gasteiger charge is 2.41. The molecule has 1 rings (SSSR count). The van der Waals surface area contributed by atoms with E-state index in [0.29, 0.717) is 0 Å². The van der Waals surface area contributed by atoms with Crippen molar-refractivity contribution in [3.63, 3.8) is 0 Å². The van der Waals surface area contributed by atoms with Crippen molar-refractivity contribution in [2.75, 3.05) is 0 Å². The first kappa shape index (κ1) is 12.9. The van der Waals surface area contributed by atoms with E-state index in [1.165, 1.54) is 13.8 Å². The van der Waals surface area contributed by atoms with E-state index in [-0.39, 0.29) is 4.57 Å². The summed E-state index contributed by atoms with van der Waals surface area (Å²) in [7, 11) is -5.33. The normalized spacial score (nSPS) is 13.4. The van der Waals surface area contributed by atoms with Crippen LogP contribution in [0.2, 0.25) is 0 Å². The summed E-state index contributed by atoms with van der Waals surface area (Å²) in [6, 6.07) is -0.938. The lowest BCUT2D eigenvalue weighted by Gasteiger charge is -2.13. The number of alkyl halides is 3. The molecule has 0 aromatic carbocycles. The van der Waals surface area contributed by atoms with Gasteiger partial charge in [0.2, 0.25) is 5.82 Å². The van der Waals surface area contributed by atoms with Gasteiger partial charge in [0.05, 0.1) is 0 Å². The molecular formula is C6H7F4N3O2S. The van der Waals surface area contributed by atoms with Crippen LogP contribution in [0, 0.1) is 0 Å². The number of aromatic nitrogens is 3. The van der Waals surface area contributed by atoms with Gasteiger partial charge in [0.25, 0.3) is 5.16 Å². The molecule has 1 aromatic heterocycles. The van der Waals surface area contributed by atoms with Crippen LogP contribution in [-0.2, 0) is 16.4 Å². The third-order valence-electron chi connectivity index (χ3n) is 1.65. The van der Waals surface area contributed by atoms with Crippen molar-refractivity contribution < 1.29 is 25.5 Å². The topological polar surface area (TPSA) is 64.8 Å². The molecule has 0 fully saturated rings. The molecule has 0 spiro atoms. The van der Waals surface area contributed by atoms with Gasteiger partial charge in [-0.05, 0) is 13.8 Å². The van der Waals surface area contributed by atoms with Crippen molar-refractivity contribution in [2.24, 2.45) is 0 Å². The van der Waals surface area contributed by atoms with Gasteiger partial charge in [-0.3, -0.25) is 4.57 Å². The van der Waals surface area contributed by atoms with Gasteiger partial charge in [-0.25, -0.2) is 0 Å². The summed E-state index contributed by atoms with van der Waals surface area (Å²) in [5, 5.41) is 4.01. The second-order valence-corrected chi connectivity index (χ2v) is 4.45. The lowest BCUT2D eigenvalue weighted by molar-refractivity contribution is -0.148. The zero-order valence-corrected chi connectivity index (χ0v) is 8.97. The summed E-state index contributed by atoms with van der Waals surface area (Å²) >= 11 is 0. The molecule has 0 aliphatic carbocycles. The number of hydrogen-bond donors (Lipinski definition) is 0. The van der Waals surface area contributed by atoms with Crippen molar-refractivity contribution in [3.05, 3.63) is 5.82 Å². The van der Waals surface area contributed by atoms with Crippen molar-refractivity contribution in [2.45, 2.75) is 31.2 Å². The summed E-state index contributed by atoms with van der Waals surface area (Å²) < 4.78 is 71.0. The minimum atomic E-state index is -5.33. The zero-order valence-electron chi connectivity index (χ0n) is 8.16. The van der Waals surface area contributed by atoms with Crippen LogP contribution in [-0.4, -0.2) is 23.2 Å². The summed E-state index contributed by atoms with van der Waals surface area (Å²) in [6.07, 6.45) is -4.89. The molecule has 0 saturated heterocycles. The van der Waals surface area contributed by atoms with Crippen LogP contribution in [0.1, 0.15) is 25.7 Å². The fourth-order valence-electron chi connectivity index (χ4n) is 1.10. The molecule has 10 heteroatoms. The van der Waals surface area contributed by atoms with E-state index < -0.39 is 33.4 Å². The second-order valence-electron chi connectivity index (χ2n) is 3.21. The number of hydrogen-bond acceptors (Lipinski definition) is 4. The molecule has 0 atom stereocenters. The predicted molar refractivity (Wildman–Crippen MR) is 43.7 cm³/mol. The van der Waals surface area contributed by atoms with E-state index in [0.717, 1.165) is 0 Å². The molecule has 1 aromatic rings. The molecular weight excluding hydrogens is 254 g/mol. The van der Waals surface area contributed by atoms with Crippen LogP contribution in [0.25, 0.3) is 0 Å². The molecule has 0 aliphatic heterocycles. The third-order valence-corrected chi connectivity index (χ3v) is 2.37. The Labute approximate surface area is 88.3 Å². The van der Waals surface area contributed by atoms with Crippen molar-refractivity contribution in [3.8, 4) is 0 Å². The van der Waals surface area contributed by atoms with Crippen LogP contribution in [0.15, 0.2) is 5.16 Å². The zero-order chi connectivity index (χ0) is 12.7. The monoisotopic (exact) mass is 261 g/mol. The molecule has 0 saturated carbocycles. The second kappa shape index (κ2) is 3.68. The fourth-order valence-corrected chi connectivity index (χ4v) is 1.77. The van der Waals surface area contributed by atoms with E-state index in [2.05, 4.69) is 10.2 Å². The summed E-state index contributed by atoms with van der Waals surface area (Å²) in [6.45, 7) is 2.51. The standard InChI is InChI=1S/C6H7F4N3O2S/c1-3(2)13-4(6(7,8)9)11-12-5(13)16(10,14)15/h3H,1-2H3. The summed E-state index contributed by atoms with van der Waals surface area (Å²) in [5.74, 6) is -1.54. The Hall–Kier alpha value is -1.19. The smallest absolute Gasteiger partial charge is 0.289 e.